The maximum Gasteiger partial charge on any atom is 0.313 e. The predicted molar refractivity (Wildman–Crippen MR) is 72.7 cm³/mol. The van der Waals surface area contributed by atoms with Crippen molar-refractivity contribution in [2.24, 2.45) is 0 Å². The molecule has 0 fully saturated rings. The van der Waals surface area contributed by atoms with E-state index in [1.54, 1.807) is 7.11 Å². The van der Waals surface area contributed by atoms with Gasteiger partial charge >= 0.3 is 5.97 Å². The highest BCUT2D eigenvalue weighted by molar-refractivity contribution is 5.95. The zero-order valence-corrected chi connectivity index (χ0v) is 11.4. The molecule has 1 N–H and O–H groups in total. The Kier molecular flexibility index (Phi) is 2.73. The molecule has 0 saturated heterocycles. The second-order valence-corrected chi connectivity index (χ2v) is 4.95. The van der Waals surface area contributed by atoms with Gasteiger partial charge in [-0.25, -0.2) is 0 Å². The van der Waals surface area contributed by atoms with Crippen LogP contribution in [-0.4, -0.2) is 25.2 Å². The number of aryl methyl sites for hydroxylation is 2. The number of hydrogen-bond acceptors (Lipinski definition) is 3. The summed E-state index contributed by atoms with van der Waals surface area (Å²) < 4.78 is 10.4. The Morgan fingerprint density at radius 3 is 2.84 bits per heavy atom. The van der Waals surface area contributed by atoms with E-state index in [9.17, 15) is 4.79 Å². The molecule has 1 unspecified atom stereocenters. The van der Waals surface area contributed by atoms with E-state index >= 15 is 0 Å². The van der Waals surface area contributed by atoms with Crippen molar-refractivity contribution in [3.63, 3.8) is 0 Å². The molecule has 1 aromatic heterocycles. The number of ether oxygens (including phenoxy) is 2. The van der Waals surface area contributed by atoms with Gasteiger partial charge in [-0.05, 0) is 37.5 Å². The highest BCUT2D eigenvalue weighted by Crippen LogP contribution is 2.42. The first-order valence-electron chi connectivity index (χ1n) is 6.43. The number of carbonyl (C=O) groups excluding carboxylic acids is 1. The van der Waals surface area contributed by atoms with E-state index in [1.165, 1.54) is 12.7 Å². The van der Waals surface area contributed by atoms with Crippen LogP contribution in [0.3, 0.4) is 0 Å². The third kappa shape index (κ3) is 1.63. The Bertz CT molecular complexity index is 657. The van der Waals surface area contributed by atoms with Gasteiger partial charge in [-0.15, -0.1) is 0 Å². The second kappa shape index (κ2) is 4.30. The Balaban J connectivity index is 2.29. The van der Waals surface area contributed by atoms with E-state index in [1.807, 2.05) is 19.1 Å². The van der Waals surface area contributed by atoms with Gasteiger partial charge in [0.2, 0.25) is 0 Å². The van der Waals surface area contributed by atoms with Gasteiger partial charge in [-0.3, -0.25) is 4.79 Å². The largest absolute Gasteiger partial charge is 0.496 e. The van der Waals surface area contributed by atoms with Gasteiger partial charge in [0.25, 0.3) is 0 Å². The van der Waals surface area contributed by atoms with E-state index in [4.69, 9.17) is 9.47 Å². The monoisotopic (exact) mass is 259 g/mol. The molecule has 0 aliphatic heterocycles. The van der Waals surface area contributed by atoms with Crippen LogP contribution >= 0.6 is 0 Å². The third-order valence-corrected chi connectivity index (χ3v) is 4.00. The molecule has 1 atom stereocenters. The van der Waals surface area contributed by atoms with Crippen LogP contribution in [0.15, 0.2) is 12.1 Å². The fourth-order valence-corrected chi connectivity index (χ4v) is 3.18. The molecule has 0 radical (unpaired) electrons. The lowest BCUT2D eigenvalue weighted by Gasteiger charge is -2.22. The molecule has 4 nitrogen and oxygen atoms in total. The lowest BCUT2D eigenvalue weighted by atomic mass is 9.83. The molecular formula is C15H17NO3. The summed E-state index contributed by atoms with van der Waals surface area (Å²) in [6.07, 6.45) is 1.61. The number of aromatic nitrogens is 1. The Hall–Kier alpha value is -1.97. The van der Waals surface area contributed by atoms with Crippen molar-refractivity contribution in [1.29, 1.82) is 0 Å². The average molecular weight is 259 g/mol. The van der Waals surface area contributed by atoms with Crippen molar-refractivity contribution in [1.82, 2.24) is 4.98 Å². The minimum atomic E-state index is -0.168. The van der Waals surface area contributed by atoms with Gasteiger partial charge in [0.1, 0.15) is 5.75 Å². The van der Waals surface area contributed by atoms with E-state index < -0.39 is 0 Å². The minimum Gasteiger partial charge on any atom is -0.496 e. The number of rotatable bonds is 2. The maximum absolute atomic E-state index is 12.0. The van der Waals surface area contributed by atoms with Gasteiger partial charge in [0.15, 0.2) is 0 Å². The summed E-state index contributed by atoms with van der Waals surface area (Å²) in [5.74, 6) is 0.576. The fraction of sp³-hybridized carbons (Fsp3) is 0.400. The van der Waals surface area contributed by atoms with Crippen molar-refractivity contribution < 1.29 is 14.3 Å². The SMILES string of the molecule is COC(=O)C1CCc2c(OC)ccc3[nH]c(C)c1c23. The van der Waals surface area contributed by atoms with E-state index in [0.717, 1.165) is 40.8 Å². The number of aromatic amines is 1. The summed E-state index contributed by atoms with van der Waals surface area (Å²) in [6, 6.07) is 3.99. The first-order chi connectivity index (χ1) is 9.17. The maximum atomic E-state index is 12.0. The second-order valence-electron chi connectivity index (χ2n) is 4.95. The van der Waals surface area contributed by atoms with Crippen molar-refractivity contribution in [2.45, 2.75) is 25.7 Å². The Labute approximate surface area is 111 Å². The van der Waals surface area contributed by atoms with Crippen LogP contribution in [0, 0.1) is 6.92 Å². The van der Waals surface area contributed by atoms with Crippen LogP contribution in [0.5, 0.6) is 5.75 Å². The molecule has 100 valence electrons. The quantitative estimate of drug-likeness (QED) is 0.844. The molecule has 0 amide bonds. The molecule has 0 spiro atoms. The summed E-state index contributed by atoms with van der Waals surface area (Å²) in [6.45, 7) is 2.01. The van der Waals surface area contributed by atoms with Gasteiger partial charge in [-0.1, -0.05) is 0 Å². The highest BCUT2D eigenvalue weighted by Gasteiger charge is 2.32. The van der Waals surface area contributed by atoms with Crippen LogP contribution in [0.2, 0.25) is 0 Å². The fourth-order valence-electron chi connectivity index (χ4n) is 3.18. The standard InChI is InChI=1S/C15H17NO3/c1-8-13-10(15(17)19-3)5-4-9-12(18-2)7-6-11(16-8)14(9)13/h6-7,10,16H,4-5H2,1-3H3. The summed E-state index contributed by atoms with van der Waals surface area (Å²) in [5.41, 5.74) is 4.37. The number of nitrogens with one attached hydrogen (secondary N) is 1. The number of H-pyrrole nitrogens is 1. The molecule has 1 aliphatic carbocycles. The van der Waals surface area contributed by atoms with E-state index in [2.05, 4.69) is 4.98 Å². The zero-order valence-electron chi connectivity index (χ0n) is 11.4. The number of hydrogen-bond donors (Lipinski definition) is 1. The first-order valence-corrected chi connectivity index (χ1v) is 6.43. The average Bonchev–Trinajstić information content (AvgIpc) is 2.77. The Morgan fingerprint density at radius 1 is 1.37 bits per heavy atom. The van der Waals surface area contributed by atoms with Crippen LogP contribution < -0.4 is 4.74 Å². The number of methoxy groups -OCH3 is 2. The molecule has 1 aliphatic rings. The van der Waals surface area contributed by atoms with Gasteiger partial charge in [0.05, 0.1) is 20.1 Å². The molecule has 0 saturated carbocycles. The summed E-state index contributed by atoms with van der Waals surface area (Å²) in [5, 5.41) is 1.14. The third-order valence-electron chi connectivity index (χ3n) is 4.00. The van der Waals surface area contributed by atoms with Gasteiger partial charge in [0, 0.05) is 22.2 Å². The summed E-state index contributed by atoms with van der Waals surface area (Å²) in [4.78, 5) is 15.3. The topological polar surface area (TPSA) is 51.3 Å². The number of carbonyl (C=O) groups is 1. The lowest BCUT2D eigenvalue weighted by molar-refractivity contribution is -0.142. The molecule has 2 aromatic rings. The lowest BCUT2D eigenvalue weighted by Crippen LogP contribution is -2.19. The summed E-state index contributed by atoms with van der Waals surface area (Å²) >= 11 is 0. The molecule has 19 heavy (non-hydrogen) atoms. The Morgan fingerprint density at radius 2 is 2.16 bits per heavy atom. The molecular weight excluding hydrogens is 242 g/mol. The zero-order chi connectivity index (χ0) is 13.6. The first kappa shape index (κ1) is 12.1. The number of benzene rings is 1. The minimum absolute atomic E-state index is 0.155. The molecule has 4 heteroatoms. The van der Waals surface area contributed by atoms with Crippen LogP contribution in [-0.2, 0) is 16.0 Å². The van der Waals surface area contributed by atoms with Gasteiger partial charge < -0.3 is 14.5 Å². The highest BCUT2D eigenvalue weighted by atomic mass is 16.5. The molecule has 3 rings (SSSR count). The van der Waals surface area contributed by atoms with Gasteiger partial charge in [-0.2, -0.15) is 0 Å². The van der Waals surface area contributed by atoms with E-state index in [-0.39, 0.29) is 11.9 Å². The van der Waals surface area contributed by atoms with E-state index in [0.29, 0.717) is 0 Å². The van der Waals surface area contributed by atoms with Crippen molar-refractivity contribution in [3.8, 4) is 5.75 Å². The summed E-state index contributed by atoms with van der Waals surface area (Å²) in [7, 11) is 3.13. The molecule has 1 heterocycles. The number of esters is 1. The van der Waals surface area contributed by atoms with Crippen molar-refractivity contribution >= 4 is 16.9 Å². The van der Waals surface area contributed by atoms with Crippen LogP contribution in [0.25, 0.3) is 10.9 Å². The van der Waals surface area contributed by atoms with Crippen molar-refractivity contribution in [2.75, 3.05) is 14.2 Å². The predicted octanol–water partition coefficient (Wildman–Crippen LogP) is 2.69. The molecule has 1 aromatic carbocycles. The van der Waals surface area contributed by atoms with Crippen molar-refractivity contribution in [3.05, 3.63) is 29.0 Å². The smallest absolute Gasteiger partial charge is 0.313 e. The van der Waals surface area contributed by atoms with Crippen LogP contribution in [0.1, 0.15) is 29.2 Å². The normalized spacial score (nSPS) is 17.5. The molecule has 0 bridgehead atoms. The van der Waals surface area contributed by atoms with Crippen LogP contribution in [0.4, 0.5) is 0 Å².